The molecule has 1 fully saturated rings. The molecule has 0 aromatic heterocycles. The summed E-state index contributed by atoms with van der Waals surface area (Å²) in [5.74, 6) is -4.27. The summed E-state index contributed by atoms with van der Waals surface area (Å²) < 4.78 is 15.3. The van der Waals surface area contributed by atoms with Gasteiger partial charge in [-0.1, -0.05) is 13.0 Å². The molecule has 4 atom stereocenters. The predicted molar refractivity (Wildman–Crippen MR) is 83.1 cm³/mol. The highest BCUT2D eigenvalue weighted by atomic mass is 16.7. The van der Waals surface area contributed by atoms with Crippen molar-refractivity contribution in [1.82, 2.24) is 0 Å². The number of carbonyl (C=O) groups excluding carboxylic acids is 1. The minimum absolute atomic E-state index is 0.165. The molecule has 1 aromatic carbocycles. The fraction of sp³-hybridized carbons (Fsp3) is 0.562. The zero-order chi connectivity index (χ0) is 18.6. The smallest absolute Gasteiger partial charge is 0.342 e. The third kappa shape index (κ3) is 3.86. The Balaban J connectivity index is 2.30. The molecule has 0 radical (unpaired) electrons. The standard InChI is InChI=1S/C16H22O9/c1-2-6-23-15(21)9-4-3-5-11(13(9)19)25-16(22)12(7-17)24-8-10(18)14(16)20/h3-5,10,12,14,17-20,22H,2,6-8H2,1H3/t10-,12+,14+,16+/m0/s1. The fourth-order valence-corrected chi connectivity index (χ4v) is 2.42. The van der Waals surface area contributed by atoms with Crippen molar-refractivity contribution in [2.75, 3.05) is 19.8 Å². The summed E-state index contributed by atoms with van der Waals surface area (Å²) in [4.78, 5) is 11.9. The van der Waals surface area contributed by atoms with Crippen LogP contribution in [0.5, 0.6) is 11.5 Å². The highest BCUT2D eigenvalue weighted by Gasteiger charge is 2.53. The number of phenolic OH excluding ortho intramolecular Hbond substituents is 1. The summed E-state index contributed by atoms with van der Waals surface area (Å²) in [7, 11) is 0. The zero-order valence-electron chi connectivity index (χ0n) is 13.7. The minimum Gasteiger partial charge on any atom is -0.504 e. The summed E-state index contributed by atoms with van der Waals surface area (Å²) in [5.41, 5.74) is -0.193. The second kappa shape index (κ2) is 7.98. The molecular formula is C16H22O9. The van der Waals surface area contributed by atoms with Gasteiger partial charge in [0, 0.05) is 0 Å². The second-order valence-corrected chi connectivity index (χ2v) is 5.66. The molecule has 1 aromatic rings. The molecule has 1 heterocycles. The van der Waals surface area contributed by atoms with Crippen LogP contribution in [-0.2, 0) is 9.47 Å². The number of rotatable bonds is 6. The first-order valence-corrected chi connectivity index (χ1v) is 7.84. The van der Waals surface area contributed by atoms with Crippen molar-refractivity contribution in [3.63, 3.8) is 0 Å². The quantitative estimate of drug-likeness (QED) is 0.324. The Morgan fingerprint density at radius 2 is 2.12 bits per heavy atom. The number of aromatic hydroxyl groups is 1. The lowest BCUT2D eigenvalue weighted by Crippen LogP contribution is -2.67. The lowest BCUT2D eigenvalue weighted by molar-refractivity contribution is -0.323. The molecule has 0 bridgehead atoms. The zero-order valence-corrected chi connectivity index (χ0v) is 13.7. The second-order valence-electron chi connectivity index (χ2n) is 5.66. The average Bonchev–Trinajstić information content (AvgIpc) is 2.60. The van der Waals surface area contributed by atoms with Crippen LogP contribution in [-0.4, -0.2) is 75.4 Å². The van der Waals surface area contributed by atoms with Crippen molar-refractivity contribution in [2.45, 2.75) is 37.4 Å². The third-order valence-electron chi connectivity index (χ3n) is 3.81. The van der Waals surface area contributed by atoms with E-state index in [2.05, 4.69) is 0 Å². The predicted octanol–water partition coefficient (Wildman–Crippen LogP) is -0.861. The van der Waals surface area contributed by atoms with E-state index in [4.69, 9.17) is 14.2 Å². The van der Waals surface area contributed by atoms with Crippen LogP contribution < -0.4 is 4.74 Å². The molecule has 9 nitrogen and oxygen atoms in total. The van der Waals surface area contributed by atoms with Gasteiger partial charge in [0.05, 0.1) is 19.8 Å². The third-order valence-corrected chi connectivity index (χ3v) is 3.81. The first-order valence-electron chi connectivity index (χ1n) is 7.84. The maximum Gasteiger partial charge on any atom is 0.342 e. The maximum absolute atomic E-state index is 11.9. The largest absolute Gasteiger partial charge is 0.504 e. The van der Waals surface area contributed by atoms with Gasteiger partial charge in [0.15, 0.2) is 11.5 Å². The van der Waals surface area contributed by atoms with Gasteiger partial charge >= 0.3 is 5.97 Å². The van der Waals surface area contributed by atoms with Crippen molar-refractivity contribution >= 4 is 5.97 Å². The lowest BCUT2D eigenvalue weighted by Gasteiger charge is -2.43. The molecule has 0 spiro atoms. The first kappa shape index (κ1) is 19.4. The number of benzene rings is 1. The van der Waals surface area contributed by atoms with Crippen molar-refractivity contribution in [3.8, 4) is 11.5 Å². The number of phenols is 1. The number of ether oxygens (including phenoxy) is 3. The van der Waals surface area contributed by atoms with Crippen LogP contribution in [0.2, 0.25) is 0 Å². The Bertz CT molecular complexity index is 601. The van der Waals surface area contributed by atoms with E-state index in [9.17, 15) is 30.3 Å². The van der Waals surface area contributed by atoms with E-state index in [0.717, 1.165) is 0 Å². The van der Waals surface area contributed by atoms with Gasteiger partial charge in [0.25, 0.3) is 5.79 Å². The van der Waals surface area contributed by atoms with Crippen LogP contribution in [0, 0.1) is 0 Å². The highest BCUT2D eigenvalue weighted by molar-refractivity contribution is 5.93. The normalized spacial score (nSPS) is 29.2. The van der Waals surface area contributed by atoms with Gasteiger partial charge in [-0.2, -0.15) is 0 Å². The van der Waals surface area contributed by atoms with Crippen LogP contribution in [0.1, 0.15) is 23.7 Å². The lowest BCUT2D eigenvalue weighted by atomic mass is 9.96. The van der Waals surface area contributed by atoms with Gasteiger partial charge in [-0.3, -0.25) is 0 Å². The molecule has 0 unspecified atom stereocenters. The molecule has 0 amide bonds. The van der Waals surface area contributed by atoms with Gasteiger partial charge in [-0.25, -0.2) is 4.79 Å². The Kier molecular flexibility index (Phi) is 6.20. The molecule has 0 saturated carbocycles. The number of hydrogen-bond donors (Lipinski definition) is 5. The SMILES string of the molecule is CCCOC(=O)c1cccc(O[C@@]2(O)[C@H](O)[C@@H](O)CO[C@@H]2CO)c1O. The van der Waals surface area contributed by atoms with E-state index in [0.29, 0.717) is 6.42 Å². The Morgan fingerprint density at radius 3 is 2.76 bits per heavy atom. The summed E-state index contributed by atoms with van der Waals surface area (Å²) in [6.45, 7) is 0.957. The highest BCUT2D eigenvalue weighted by Crippen LogP contribution is 2.36. The first-order chi connectivity index (χ1) is 11.8. The number of aliphatic hydroxyl groups excluding tert-OH is 3. The molecule has 0 aliphatic carbocycles. The van der Waals surface area contributed by atoms with Crippen LogP contribution in [0.3, 0.4) is 0 Å². The van der Waals surface area contributed by atoms with Crippen molar-refractivity contribution in [2.24, 2.45) is 0 Å². The van der Waals surface area contributed by atoms with Crippen LogP contribution in [0.15, 0.2) is 18.2 Å². The van der Waals surface area contributed by atoms with E-state index in [1.54, 1.807) is 0 Å². The van der Waals surface area contributed by atoms with Crippen molar-refractivity contribution in [1.29, 1.82) is 0 Å². The molecule has 2 rings (SSSR count). The van der Waals surface area contributed by atoms with Gasteiger partial charge in [0.1, 0.15) is 23.9 Å². The molecule has 140 valence electrons. The average molecular weight is 358 g/mol. The van der Waals surface area contributed by atoms with Crippen LogP contribution >= 0.6 is 0 Å². The summed E-state index contributed by atoms with van der Waals surface area (Å²) in [6.07, 6.45) is -4.05. The van der Waals surface area contributed by atoms with Crippen LogP contribution in [0.25, 0.3) is 0 Å². The van der Waals surface area contributed by atoms with E-state index in [-0.39, 0.29) is 24.5 Å². The van der Waals surface area contributed by atoms with E-state index in [1.807, 2.05) is 6.92 Å². The number of aliphatic hydroxyl groups is 4. The monoisotopic (exact) mass is 358 g/mol. The summed E-state index contributed by atoms with van der Waals surface area (Å²) >= 11 is 0. The van der Waals surface area contributed by atoms with E-state index in [1.165, 1.54) is 18.2 Å². The molecule has 25 heavy (non-hydrogen) atoms. The Labute approximate surface area is 144 Å². The van der Waals surface area contributed by atoms with E-state index < -0.39 is 42.4 Å². The fourth-order valence-electron chi connectivity index (χ4n) is 2.42. The number of hydrogen-bond acceptors (Lipinski definition) is 9. The van der Waals surface area contributed by atoms with Crippen molar-refractivity contribution in [3.05, 3.63) is 23.8 Å². The van der Waals surface area contributed by atoms with E-state index >= 15 is 0 Å². The molecule has 1 aliphatic rings. The van der Waals surface area contributed by atoms with Gasteiger partial charge in [-0.05, 0) is 18.6 Å². The summed E-state index contributed by atoms with van der Waals surface area (Å²) in [5, 5.41) is 49.9. The number of para-hydroxylation sites is 1. The Morgan fingerprint density at radius 1 is 1.40 bits per heavy atom. The molecule has 9 heteroatoms. The van der Waals surface area contributed by atoms with Gasteiger partial charge < -0.3 is 39.7 Å². The number of esters is 1. The molecule has 5 N–H and O–H groups in total. The summed E-state index contributed by atoms with van der Waals surface area (Å²) in [6, 6.07) is 3.92. The molecular weight excluding hydrogens is 336 g/mol. The topological polar surface area (TPSA) is 146 Å². The molecule has 1 saturated heterocycles. The van der Waals surface area contributed by atoms with Gasteiger partial charge in [-0.15, -0.1) is 0 Å². The van der Waals surface area contributed by atoms with Crippen molar-refractivity contribution < 1.29 is 44.5 Å². The molecule has 1 aliphatic heterocycles. The Hall–Kier alpha value is -1.91. The number of carbonyl (C=O) groups is 1. The maximum atomic E-state index is 11.9. The minimum atomic E-state index is -2.53. The van der Waals surface area contributed by atoms with Crippen LogP contribution in [0.4, 0.5) is 0 Å². The van der Waals surface area contributed by atoms with Gasteiger partial charge in [0.2, 0.25) is 0 Å².